The van der Waals surface area contributed by atoms with E-state index in [2.05, 4.69) is 38.6 Å². The standard InChI is InChI=1S/C20H23N7O2P2/c1-10(2)17-23-24-18(29-17)19(28)26-7-6-12-15(22-9-21-12)16(26)13-8-11-4-3-5-14(20(30)31)27(11)25-13/h3-5,8-10,16,20H,6-7,30-31H2,1-2H3,(H,21,22)/t16-/m1/s1. The summed E-state index contributed by atoms with van der Waals surface area (Å²) in [5.74, 6) is 0.173. The van der Waals surface area contributed by atoms with Crippen LogP contribution in [0.3, 0.4) is 0 Å². The fourth-order valence-corrected chi connectivity index (χ4v) is 4.42. The van der Waals surface area contributed by atoms with Gasteiger partial charge in [-0.15, -0.1) is 28.7 Å². The van der Waals surface area contributed by atoms with Crippen molar-refractivity contribution in [3.63, 3.8) is 0 Å². The number of pyridine rings is 1. The number of aromatic amines is 1. The minimum absolute atomic E-state index is 0.00730. The highest BCUT2D eigenvalue weighted by molar-refractivity contribution is 7.37. The molecule has 4 aromatic rings. The summed E-state index contributed by atoms with van der Waals surface area (Å²) in [7, 11) is 5.54. The van der Waals surface area contributed by atoms with Gasteiger partial charge in [0.05, 0.1) is 28.9 Å². The molecule has 1 aliphatic rings. The lowest BCUT2D eigenvalue weighted by atomic mass is 9.99. The predicted octanol–water partition coefficient (Wildman–Crippen LogP) is 3.10. The molecule has 0 radical (unpaired) electrons. The number of nitrogens with zero attached hydrogens (tertiary/aromatic N) is 6. The number of carbonyl (C=O) groups is 1. The highest BCUT2D eigenvalue weighted by Crippen LogP contribution is 2.36. The molecule has 1 amide bonds. The van der Waals surface area contributed by atoms with Crippen LogP contribution in [0, 0.1) is 0 Å². The van der Waals surface area contributed by atoms with E-state index < -0.39 is 6.04 Å². The summed E-state index contributed by atoms with van der Waals surface area (Å²) in [6.45, 7) is 4.39. The summed E-state index contributed by atoms with van der Waals surface area (Å²) in [5, 5.41) is 13.0. The minimum Gasteiger partial charge on any atom is -0.417 e. The van der Waals surface area contributed by atoms with Gasteiger partial charge in [0.1, 0.15) is 6.04 Å². The normalized spacial score (nSPS) is 16.5. The van der Waals surface area contributed by atoms with Gasteiger partial charge in [-0.05, 0) is 18.2 Å². The molecule has 4 aromatic heterocycles. The Morgan fingerprint density at radius 1 is 1.29 bits per heavy atom. The van der Waals surface area contributed by atoms with Crippen molar-refractivity contribution < 1.29 is 9.21 Å². The van der Waals surface area contributed by atoms with Gasteiger partial charge >= 0.3 is 11.8 Å². The van der Waals surface area contributed by atoms with E-state index in [4.69, 9.17) is 9.52 Å². The first-order chi connectivity index (χ1) is 14.9. The van der Waals surface area contributed by atoms with E-state index in [1.165, 1.54) is 0 Å². The van der Waals surface area contributed by atoms with Gasteiger partial charge in [0.15, 0.2) is 0 Å². The molecule has 0 fully saturated rings. The second-order valence-corrected chi connectivity index (χ2v) is 10.1. The van der Waals surface area contributed by atoms with E-state index in [1.807, 2.05) is 42.6 Å². The van der Waals surface area contributed by atoms with E-state index >= 15 is 0 Å². The van der Waals surface area contributed by atoms with Crippen LogP contribution in [-0.2, 0) is 6.42 Å². The number of hydrogen-bond donors (Lipinski definition) is 1. The van der Waals surface area contributed by atoms with Gasteiger partial charge in [-0.25, -0.2) is 9.50 Å². The maximum absolute atomic E-state index is 13.4. The molecule has 0 saturated heterocycles. The quantitative estimate of drug-likeness (QED) is 0.474. The summed E-state index contributed by atoms with van der Waals surface area (Å²) in [4.78, 5) is 22.8. The Morgan fingerprint density at radius 3 is 2.87 bits per heavy atom. The van der Waals surface area contributed by atoms with Crippen LogP contribution in [-0.4, -0.2) is 47.1 Å². The first kappa shape index (κ1) is 20.3. The third-order valence-corrected chi connectivity index (χ3v) is 6.14. The van der Waals surface area contributed by atoms with Gasteiger partial charge in [-0.2, -0.15) is 5.10 Å². The zero-order chi connectivity index (χ0) is 21.7. The zero-order valence-electron chi connectivity index (χ0n) is 17.2. The van der Waals surface area contributed by atoms with Crippen molar-refractivity contribution in [3.8, 4) is 0 Å². The van der Waals surface area contributed by atoms with Crippen molar-refractivity contribution in [2.75, 3.05) is 6.54 Å². The lowest BCUT2D eigenvalue weighted by molar-refractivity contribution is 0.0643. The van der Waals surface area contributed by atoms with E-state index in [9.17, 15) is 4.79 Å². The van der Waals surface area contributed by atoms with Crippen molar-refractivity contribution in [1.82, 2.24) is 34.7 Å². The zero-order valence-corrected chi connectivity index (χ0v) is 19.5. The molecular weight excluding hydrogens is 432 g/mol. The molecular formula is C20H23N7O2P2. The van der Waals surface area contributed by atoms with Crippen molar-refractivity contribution >= 4 is 29.9 Å². The average Bonchev–Trinajstić information content (AvgIpc) is 3.50. The first-order valence-corrected chi connectivity index (χ1v) is 11.4. The van der Waals surface area contributed by atoms with Crippen molar-refractivity contribution in [1.29, 1.82) is 0 Å². The Labute approximate surface area is 183 Å². The third-order valence-electron chi connectivity index (χ3n) is 5.46. The summed E-state index contributed by atoms with van der Waals surface area (Å²) in [6.07, 6.45) is 2.33. The van der Waals surface area contributed by atoms with Gasteiger partial charge in [0.25, 0.3) is 0 Å². The molecule has 2 unspecified atom stereocenters. The molecule has 3 atom stereocenters. The Kier molecular flexibility index (Phi) is 5.11. The number of fused-ring (bicyclic) bond motifs is 2. The van der Waals surface area contributed by atoms with Crippen molar-refractivity contribution in [2.45, 2.75) is 37.6 Å². The van der Waals surface area contributed by atoms with Crippen LogP contribution >= 0.6 is 18.5 Å². The van der Waals surface area contributed by atoms with E-state index in [0.29, 0.717) is 18.9 Å². The van der Waals surface area contributed by atoms with Gasteiger partial charge in [-0.1, -0.05) is 19.9 Å². The molecule has 0 aliphatic carbocycles. The van der Waals surface area contributed by atoms with Crippen LogP contribution in [0.15, 0.2) is 35.0 Å². The monoisotopic (exact) mass is 455 g/mol. The molecule has 0 aromatic carbocycles. The summed E-state index contributed by atoms with van der Waals surface area (Å²) in [5.41, 5.74) is 4.54. The van der Waals surface area contributed by atoms with Crippen molar-refractivity contribution in [3.05, 3.63) is 65.1 Å². The molecule has 5 heterocycles. The Hall–Kier alpha value is -2.63. The van der Waals surface area contributed by atoms with Crippen LogP contribution < -0.4 is 0 Å². The topological polar surface area (TPSA) is 105 Å². The SMILES string of the molecule is CC(C)c1nnc(C(=O)N2CCc3[nH]cnc3[C@H]2c2cc3cccc(C(P)P)n3n2)o1. The lowest BCUT2D eigenvalue weighted by Gasteiger charge is -2.32. The molecule has 31 heavy (non-hydrogen) atoms. The Bertz CT molecular complexity index is 1260. The van der Waals surface area contributed by atoms with Crippen LogP contribution in [0.2, 0.25) is 0 Å². The van der Waals surface area contributed by atoms with Gasteiger partial charge in [-0.3, -0.25) is 4.79 Å². The smallest absolute Gasteiger partial charge is 0.312 e. The molecule has 11 heteroatoms. The molecule has 0 bridgehead atoms. The number of hydrogen-bond acceptors (Lipinski definition) is 6. The Balaban J connectivity index is 1.60. The largest absolute Gasteiger partial charge is 0.417 e. The maximum Gasteiger partial charge on any atom is 0.312 e. The summed E-state index contributed by atoms with van der Waals surface area (Å²) >= 11 is 0. The average molecular weight is 455 g/mol. The molecule has 1 N–H and O–H groups in total. The second kappa shape index (κ2) is 7.81. The van der Waals surface area contributed by atoms with Gasteiger partial charge in [0, 0.05) is 30.0 Å². The van der Waals surface area contributed by atoms with E-state index in [1.54, 1.807) is 11.2 Å². The number of nitrogens with one attached hydrogen (secondary N) is 1. The minimum atomic E-state index is -0.447. The van der Waals surface area contributed by atoms with Crippen LogP contribution in [0.5, 0.6) is 0 Å². The molecule has 1 aliphatic heterocycles. The summed E-state index contributed by atoms with van der Waals surface area (Å²) in [6, 6.07) is 7.60. The van der Waals surface area contributed by atoms with Crippen LogP contribution in [0.4, 0.5) is 0 Å². The Morgan fingerprint density at radius 2 is 2.13 bits per heavy atom. The number of H-pyrrole nitrogens is 1. The van der Waals surface area contributed by atoms with Crippen LogP contribution in [0.25, 0.3) is 5.52 Å². The van der Waals surface area contributed by atoms with Gasteiger partial charge < -0.3 is 14.3 Å². The van der Waals surface area contributed by atoms with E-state index in [0.717, 1.165) is 28.3 Å². The number of aromatic nitrogens is 6. The number of carbonyl (C=O) groups excluding carboxylic acids is 1. The lowest BCUT2D eigenvalue weighted by Crippen LogP contribution is -2.41. The van der Waals surface area contributed by atoms with Crippen molar-refractivity contribution in [2.24, 2.45) is 0 Å². The highest BCUT2D eigenvalue weighted by Gasteiger charge is 2.38. The number of imidazole rings is 1. The van der Waals surface area contributed by atoms with E-state index in [-0.39, 0.29) is 23.1 Å². The molecule has 5 rings (SSSR count). The maximum atomic E-state index is 13.4. The number of amides is 1. The molecule has 160 valence electrons. The molecule has 0 spiro atoms. The summed E-state index contributed by atoms with van der Waals surface area (Å²) < 4.78 is 7.56. The van der Waals surface area contributed by atoms with Crippen LogP contribution in [0.1, 0.15) is 70.6 Å². The number of rotatable bonds is 4. The third kappa shape index (κ3) is 3.46. The second-order valence-electron chi connectivity index (χ2n) is 7.90. The highest BCUT2D eigenvalue weighted by atomic mass is 31.1. The molecule has 0 saturated carbocycles. The fraction of sp³-hybridized carbons (Fsp3) is 0.350. The van der Waals surface area contributed by atoms with Gasteiger partial charge in [0.2, 0.25) is 5.89 Å². The first-order valence-electron chi connectivity index (χ1n) is 10.1. The fourth-order valence-electron chi connectivity index (χ4n) is 3.91. The predicted molar refractivity (Wildman–Crippen MR) is 121 cm³/mol. The molecule has 9 nitrogen and oxygen atoms in total.